The van der Waals surface area contributed by atoms with Crippen LogP contribution in [-0.2, 0) is 11.3 Å². The molecule has 1 aliphatic heterocycles. The molecule has 0 radical (unpaired) electrons. The SMILES string of the molecule is COc1ccc(CNC2COC2)cc1Cl. The summed E-state index contributed by atoms with van der Waals surface area (Å²) >= 11 is 6.02. The van der Waals surface area contributed by atoms with Crippen LogP contribution in [0.4, 0.5) is 0 Å². The number of ether oxygens (including phenoxy) is 2. The molecule has 1 saturated heterocycles. The van der Waals surface area contributed by atoms with Crippen molar-refractivity contribution in [2.45, 2.75) is 12.6 Å². The third-order valence-corrected chi connectivity index (χ3v) is 2.74. The monoisotopic (exact) mass is 227 g/mol. The van der Waals surface area contributed by atoms with E-state index in [1.165, 1.54) is 0 Å². The van der Waals surface area contributed by atoms with E-state index in [0.717, 1.165) is 25.3 Å². The molecule has 0 atom stereocenters. The van der Waals surface area contributed by atoms with E-state index in [9.17, 15) is 0 Å². The van der Waals surface area contributed by atoms with Crippen LogP contribution in [0.2, 0.25) is 5.02 Å². The molecular weight excluding hydrogens is 214 g/mol. The van der Waals surface area contributed by atoms with E-state index in [4.69, 9.17) is 21.1 Å². The Hall–Kier alpha value is -0.770. The minimum absolute atomic E-state index is 0.492. The summed E-state index contributed by atoms with van der Waals surface area (Å²) in [6.07, 6.45) is 0. The second-order valence-electron chi connectivity index (χ2n) is 3.58. The van der Waals surface area contributed by atoms with E-state index < -0.39 is 0 Å². The minimum atomic E-state index is 0.492. The molecule has 82 valence electrons. The number of methoxy groups -OCH3 is 1. The van der Waals surface area contributed by atoms with Crippen molar-refractivity contribution >= 4 is 11.6 Å². The Balaban J connectivity index is 1.93. The molecule has 1 aromatic rings. The van der Waals surface area contributed by atoms with Crippen molar-refractivity contribution in [3.63, 3.8) is 0 Å². The fraction of sp³-hybridized carbons (Fsp3) is 0.455. The van der Waals surface area contributed by atoms with Gasteiger partial charge in [-0.2, -0.15) is 0 Å². The lowest BCUT2D eigenvalue weighted by atomic mass is 10.2. The zero-order valence-corrected chi connectivity index (χ0v) is 9.38. The van der Waals surface area contributed by atoms with E-state index >= 15 is 0 Å². The molecule has 0 aliphatic carbocycles. The van der Waals surface area contributed by atoms with Crippen LogP contribution in [0, 0.1) is 0 Å². The van der Waals surface area contributed by atoms with E-state index in [-0.39, 0.29) is 0 Å². The Morgan fingerprint density at radius 2 is 2.33 bits per heavy atom. The molecule has 0 aromatic heterocycles. The van der Waals surface area contributed by atoms with Gasteiger partial charge in [0.2, 0.25) is 0 Å². The van der Waals surface area contributed by atoms with E-state index in [2.05, 4.69) is 5.32 Å². The molecule has 3 nitrogen and oxygen atoms in total. The van der Waals surface area contributed by atoms with Gasteiger partial charge in [0, 0.05) is 6.54 Å². The maximum Gasteiger partial charge on any atom is 0.137 e. The van der Waals surface area contributed by atoms with Crippen LogP contribution < -0.4 is 10.1 Å². The first kappa shape index (κ1) is 10.7. The zero-order valence-electron chi connectivity index (χ0n) is 8.63. The predicted molar refractivity (Wildman–Crippen MR) is 59.5 cm³/mol. The summed E-state index contributed by atoms with van der Waals surface area (Å²) in [5.74, 6) is 0.715. The maximum absolute atomic E-state index is 6.02. The third kappa shape index (κ3) is 2.62. The number of nitrogens with one attached hydrogen (secondary N) is 1. The molecule has 2 rings (SSSR count). The molecule has 4 heteroatoms. The highest BCUT2D eigenvalue weighted by Gasteiger charge is 2.16. The van der Waals surface area contributed by atoms with Crippen LogP contribution in [-0.4, -0.2) is 26.4 Å². The highest BCUT2D eigenvalue weighted by atomic mass is 35.5. The molecule has 0 saturated carbocycles. The second-order valence-corrected chi connectivity index (χ2v) is 3.99. The summed E-state index contributed by atoms with van der Waals surface area (Å²) in [5, 5.41) is 4.03. The number of benzene rings is 1. The van der Waals surface area contributed by atoms with Gasteiger partial charge in [-0.15, -0.1) is 0 Å². The Morgan fingerprint density at radius 3 is 2.87 bits per heavy atom. The van der Waals surface area contributed by atoms with Crippen LogP contribution in [0.5, 0.6) is 5.75 Å². The quantitative estimate of drug-likeness (QED) is 0.852. The Bertz CT molecular complexity index is 339. The van der Waals surface area contributed by atoms with E-state index in [0.29, 0.717) is 16.8 Å². The van der Waals surface area contributed by atoms with Crippen molar-refractivity contribution in [2.75, 3.05) is 20.3 Å². The van der Waals surface area contributed by atoms with Gasteiger partial charge in [-0.25, -0.2) is 0 Å². The molecule has 0 bridgehead atoms. The van der Waals surface area contributed by atoms with Crippen molar-refractivity contribution in [3.8, 4) is 5.75 Å². The Morgan fingerprint density at radius 1 is 1.53 bits per heavy atom. The average Bonchev–Trinajstić information content (AvgIpc) is 2.16. The van der Waals surface area contributed by atoms with Gasteiger partial charge in [-0.1, -0.05) is 17.7 Å². The molecule has 0 amide bonds. The highest BCUT2D eigenvalue weighted by Crippen LogP contribution is 2.24. The van der Waals surface area contributed by atoms with Crippen LogP contribution in [0.25, 0.3) is 0 Å². The molecule has 0 spiro atoms. The Labute approximate surface area is 94.3 Å². The summed E-state index contributed by atoms with van der Waals surface area (Å²) in [7, 11) is 1.62. The van der Waals surface area contributed by atoms with E-state index in [1.807, 2.05) is 18.2 Å². The highest BCUT2D eigenvalue weighted by molar-refractivity contribution is 6.32. The number of rotatable bonds is 4. The van der Waals surface area contributed by atoms with Gasteiger partial charge in [0.05, 0.1) is 31.4 Å². The summed E-state index contributed by atoms with van der Waals surface area (Å²) in [4.78, 5) is 0. The minimum Gasteiger partial charge on any atom is -0.495 e. The fourth-order valence-corrected chi connectivity index (χ4v) is 1.72. The van der Waals surface area contributed by atoms with Gasteiger partial charge >= 0.3 is 0 Å². The first-order valence-electron chi connectivity index (χ1n) is 4.93. The lowest BCUT2D eigenvalue weighted by molar-refractivity contribution is -0.00578. The van der Waals surface area contributed by atoms with Gasteiger partial charge in [0.15, 0.2) is 0 Å². The summed E-state index contributed by atoms with van der Waals surface area (Å²) in [6, 6.07) is 6.31. The van der Waals surface area contributed by atoms with Gasteiger partial charge in [0.25, 0.3) is 0 Å². The molecular formula is C11H14ClNO2. The second kappa shape index (κ2) is 4.84. The number of hydrogen-bond acceptors (Lipinski definition) is 3. The largest absolute Gasteiger partial charge is 0.495 e. The molecule has 1 fully saturated rings. The van der Waals surface area contributed by atoms with E-state index in [1.54, 1.807) is 7.11 Å². The lowest BCUT2D eigenvalue weighted by Crippen LogP contribution is -2.45. The third-order valence-electron chi connectivity index (χ3n) is 2.45. The van der Waals surface area contributed by atoms with Crippen LogP contribution >= 0.6 is 11.6 Å². The maximum atomic E-state index is 6.02. The van der Waals surface area contributed by atoms with Gasteiger partial charge in [-0.05, 0) is 17.7 Å². The van der Waals surface area contributed by atoms with Gasteiger partial charge in [-0.3, -0.25) is 0 Å². The lowest BCUT2D eigenvalue weighted by Gasteiger charge is -2.27. The smallest absolute Gasteiger partial charge is 0.137 e. The number of hydrogen-bond donors (Lipinski definition) is 1. The van der Waals surface area contributed by atoms with Gasteiger partial charge in [0.1, 0.15) is 5.75 Å². The molecule has 0 unspecified atom stereocenters. The van der Waals surface area contributed by atoms with Crippen LogP contribution in [0.3, 0.4) is 0 Å². The first-order valence-corrected chi connectivity index (χ1v) is 5.31. The first-order chi connectivity index (χ1) is 7.29. The normalized spacial score (nSPS) is 16.1. The van der Waals surface area contributed by atoms with Crippen molar-refractivity contribution in [3.05, 3.63) is 28.8 Å². The van der Waals surface area contributed by atoms with Crippen LogP contribution in [0.15, 0.2) is 18.2 Å². The summed E-state index contributed by atoms with van der Waals surface area (Å²) in [6.45, 7) is 2.44. The fourth-order valence-electron chi connectivity index (χ4n) is 1.44. The topological polar surface area (TPSA) is 30.5 Å². The van der Waals surface area contributed by atoms with Crippen molar-refractivity contribution < 1.29 is 9.47 Å². The average molecular weight is 228 g/mol. The molecule has 1 N–H and O–H groups in total. The van der Waals surface area contributed by atoms with Crippen molar-refractivity contribution in [1.29, 1.82) is 0 Å². The number of halogens is 1. The summed E-state index contributed by atoms with van der Waals surface area (Å²) in [5.41, 5.74) is 1.16. The molecule has 1 aromatic carbocycles. The standard InChI is InChI=1S/C11H14ClNO2/c1-14-11-3-2-8(4-10(11)12)5-13-9-6-15-7-9/h2-4,9,13H,5-7H2,1H3. The zero-order chi connectivity index (χ0) is 10.7. The molecule has 1 aliphatic rings. The predicted octanol–water partition coefficient (Wildman–Crippen LogP) is 1.84. The van der Waals surface area contributed by atoms with Crippen molar-refractivity contribution in [1.82, 2.24) is 5.32 Å². The Kier molecular flexibility index (Phi) is 3.46. The summed E-state index contributed by atoms with van der Waals surface area (Å²) < 4.78 is 10.2. The molecule has 1 heterocycles. The van der Waals surface area contributed by atoms with Crippen molar-refractivity contribution in [2.24, 2.45) is 0 Å². The molecule has 15 heavy (non-hydrogen) atoms. The van der Waals surface area contributed by atoms with Crippen LogP contribution in [0.1, 0.15) is 5.56 Å². The van der Waals surface area contributed by atoms with Gasteiger partial charge < -0.3 is 14.8 Å².